The molecule has 0 aliphatic carbocycles. The number of hydroxylamine groups is 3. The van der Waals surface area contributed by atoms with Crippen LogP contribution in [0.1, 0.15) is 47.6 Å². The van der Waals surface area contributed by atoms with Crippen molar-refractivity contribution in [2.45, 2.75) is 44.0 Å². The summed E-state index contributed by atoms with van der Waals surface area (Å²) < 4.78 is 106. The number of halogens is 7. The van der Waals surface area contributed by atoms with Gasteiger partial charge in [-0.1, -0.05) is 12.1 Å². The number of piperazine rings is 1. The van der Waals surface area contributed by atoms with Gasteiger partial charge < -0.3 is 24.2 Å². The van der Waals surface area contributed by atoms with E-state index in [0.29, 0.717) is 50.3 Å². The number of anilines is 1. The Balaban J connectivity index is 1.39. The first-order valence-electron chi connectivity index (χ1n) is 14.3. The molecule has 1 aromatic heterocycles. The number of aromatic nitrogens is 1. The molecule has 2 saturated heterocycles. The van der Waals surface area contributed by atoms with Gasteiger partial charge in [0.2, 0.25) is 0 Å². The van der Waals surface area contributed by atoms with Gasteiger partial charge in [0.1, 0.15) is 5.82 Å². The van der Waals surface area contributed by atoms with Gasteiger partial charge in [0.25, 0.3) is 0 Å². The normalized spacial score (nSPS) is 23.4. The van der Waals surface area contributed by atoms with Crippen LogP contribution in [0.15, 0.2) is 67.0 Å². The van der Waals surface area contributed by atoms with Crippen LogP contribution in [0.3, 0.4) is 0 Å². The zero-order valence-electron chi connectivity index (χ0n) is 23.8. The molecule has 0 saturated carbocycles. The van der Waals surface area contributed by atoms with Crippen molar-refractivity contribution in [2.24, 2.45) is 5.92 Å². The molecule has 13 heteroatoms. The fourth-order valence-corrected chi connectivity index (χ4v) is 6.02. The molecular weight excluding hydrogens is 595 g/mol. The topological polar surface area (TPSA) is 57.6 Å². The van der Waals surface area contributed by atoms with Crippen molar-refractivity contribution in [1.82, 2.24) is 4.98 Å². The van der Waals surface area contributed by atoms with Gasteiger partial charge in [-0.15, -0.1) is 0 Å². The summed E-state index contributed by atoms with van der Waals surface area (Å²) in [5.74, 6) is -1.43. The summed E-state index contributed by atoms with van der Waals surface area (Å²) in [7, 11) is 0. The molecule has 0 spiro atoms. The number of quaternary nitrogens is 1. The molecule has 0 N–H and O–H groups in total. The lowest BCUT2D eigenvalue weighted by atomic mass is 9.81. The highest BCUT2D eigenvalue weighted by Crippen LogP contribution is 2.42. The lowest BCUT2D eigenvalue weighted by Gasteiger charge is -2.52. The van der Waals surface area contributed by atoms with E-state index in [0.717, 1.165) is 5.69 Å². The third kappa shape index (κ3) is 7.51. The predicted octanol–water partition coefficient (Wildman–Crippen LogP) is 7.32. The van der Waals surface area contributed by atoms with Crippen LogP contribution in [0.25, 0.3) is 0 Å². The van der Waals surface area contributed by atoms with E-state index in [2.05, 4.69) is 9.88 Å². The molecule has 238 valence electrons. The van der Waals surface area contributed by atoms with E-state index in [4.69, 9.17) is 9.47 Å². The zero-order chi connectivity index (χ0) is 31.7. The molecule has 2 aliphatic rings. The van der Waals surface area contributed by atoms with Crippen LogP contribution in [-0.4, -0.2) is 55.3 Å². The van der Waals surface area contributed by atoms with E-state index in [-0.39, 0.29) is 30.7 Å². The van der Waals surface area contributed by atoms with Crippen molar-refractivity contribution >= 4 is 5.69 Å². The first-order chi connectivity index (χ1) is 20.7. The summed E-state index contributed by atoms with van der Waals surface area (Å²) in [6.45, 7) is 3.31. The molecule has 2 aromatic carbocycles. The Hall–Kier alpha value is -3.26. The molecule has 3 heterocycles. The average molecular weight is 628 g/mol. The minimum absolute atomic E-state index is 0.0654. The Bertz CT molecular complexity index is 1360. The van der Waals surface area contributed by atoms with Gasteiger partial charge in [-0.05, 0) is 66.9 Å². The van der Waals surface area contributed by atoms with E-state index in [1.807, 2.05) is 12.1 Å². The van der Waals surface area contributed by atoms with Gasteiger partial charge in [0.15, 0.2) is 6.29 Å². The third-order valence-corrected chi connectivity index (χ3v) is 8.38. The second-order valence-corrected chi connectivity index (χ2v) is 11.4. The number of ether oxygens (including phenoxy) is 2. The van der Waals surface area contributed by atoms with E-state index in [1.54, 1.807) is 12.4 Å². The molecule has 5 rings (SSSR count). The second kappa shape index (κ2) is 12.6. The maximum absolute atomic E-state index is 14.0. The van der Waals surface area contributed by atoms with Crippen molar-refractivity contribution in [3.8, 4) is 0 Å². The quantitative estimate of drug-likeness (QED) is 0.156. The maximum Gasteiger partial charge on any atom is 0.416 e. The van der Waals surface area contributed by atoms with Crippen LogP contribution < -0.4 is 4.90 Å². The maximum atomic E-state index is 14.0. The molecule has 6 nitrogen and oxygen atoms in total. The van der Waals surface area contributed by atoms with Crippen molar-refractivity contribution in [1.29, 1.82) is 0 Å². The minimum atomic E-state index is -5.01. The van der Waals surface area contributed by atoms with Crippen LogP contribution >= 0.6 is 0 Å². The van der Waals surface area contributed by atoms with E-state index in [9.17, 15) is 35.9 Å². The predicted molar refractivity (Wildman–Crippen MR) is 148 cm³/mol. The van der Waals surface area contributed by atoms with Crippen LogP contribution in [0.4, 0.5) is 36.4 Å². The van der Waals surface area contributed by atoms with Crippen molar-refractivity contribution in [3.63, 3.8) is 0 Å². The number of alkyl halides is 6. The highest BCUT2D eigenvalue weighted by molar-refractivity contribution is 5.43. The average Bonchev–Trinajstić information content (AvgIpc) is 2.97. The van der Waals surface area contributed by atoms with Crippen LogP contribution in [-0.2, 0) is 21.8 Å². The molecule has 2 fully saturated rings. The Kier molecular flexibility index (Phi) is 9.22. The van der Waals surface area contributed by atoms with Gasteiger partial charge in [-0.2, -0.15) is 26.3 Å². The summed E-state index contributed by atoms with van der Waals surface area (Å²) in [6, 6.07) is 10.6. The minimum Gasteiger partial charge on any atom is -0.633 e. The molecule has 0 bridgehead atoms. The number of rotatable bonds is 7. The van der Waals surface area contributed by atoms with Gasteiger partial charge >= 0.3 is 12.4 Å². The Morgan fingerprint density at radius 3 is 2.20 bits per heavy atom. The van der Waals surface area contributed by atoms with Crippen molar-refractivity contribution in [2.75, 3.05) is 44.2 Å². The summed E-state index contributed by atoms with van der Waals surface area (Å²) in [5, 5.41) is 14.0. The van der Waals surface area contributed by atoms with Crippen LogP contribution in [0.5, 0.6) is 0 Å². The largest absolute Gasteiger partial charge is 0.633 e. The fraction of sp³-hybridized carbons (Fsp3) is 0.452. The van der Waals surface area contributed by atoms with Crippen LogP contribution in [0, 0.1) is 16.9 Å². The molecule has 44 heavy (non-hydrogen) atoms. The summed E-state index contributed by atoms with van der Waals surface area (Å²) in [5.41, 5.74) is -1.71. The summed E-state index contributed by atoms with van der Waals surface area (Å²) in [6.07, 6.45) is -8.49. The molecule has 0 amide bonds. The van der Waals surface area contributed by atoms with Gasteiger partial charge in [0.05, 0.1) is 68.4 Å². The molecule has 0 unspecified atom stereocenters. The number of benzene rings is 2. The first kappa shape index (κ1) is 32.1. The van der Waals surface area contributed by atoms with Crippen molar-refractivity contribution in [3.05, 3.63) is 100 Å². The summed E-state index contributed by atoms with van der Waals surface area (Å²) >= 11 is 0. The zero-order valence-corrected chi connectivity index (χ0v) is 23.8. The molecular formula is C31H32F7N3O3. The van der Waals surface area contributed by atoms with Gasteiger partial charge in [-0.3, -0.25) is 4.98 Å². The Labute approximate surface area is 250 Å². The van der Waals surface area contributed by atoms with Crippen LogP contribution in [0.2, 0.25) is 0 Å². The third-order valence-electron chi connectivity index (χ3n) is 8.38. The summed E-state index contributed by atoms with van der Waals surface area (Å²) in [4.78, 5) is 6.22. The lowest BCUT2D eigenvalue weighted by Crippen LogP contribution is -2.59. The van der Waals surface area contributed by atoms with Gasteiger partial charge in [0, 0.05) is 18.0 Å². The highest BCUT2D eigenvalue weighted by Gasteiger charge is 2.42. The van der Waals surface area contributed by atoms with E-state index < -0.39 is 52.3 Å². The number of hydrogen-bond donors (Lipinski definition) is 0. The number of pyridine rings is 1. The van der Waals surface area contributed by atoms with E-state index in [1.165, 1.54) is 31.2 Å². The Morgan fingerprint density at radius 1 is 1.00 bits per heavy atom. The highest BCUT2D eigenvalue weighted by atomic mass is 19.4. The molecule has 2 aliphatic heterocycles. The standard InChI is InChI=1S/C31H32F7N3O3/c1-20(23-15-24(30(33,34)35)17-25(16-23)31(36,37)38)44-29-28(21-4-6-26(32)7-5-21)22(8-14-43-29)19-41(42)12-10-40(11-13-41)27-3-2-9-39-18-27/h2-7,9,15-18,20,22,28-29H,8,10-14,19H2,1H3/t20-,22+,28+,29-/m1/s1. The lowest BCUT2D eigenvalue weighted by molar-refractivity contribution is -0.885. The Morgan fingerprint density at radius 2 is 1.64 bits per heavy atom. The fourth-order valence-electron chi connectivity index (χ4n) is 6.02. The second-order valence-electron chi connectivity index (χ2n) is 11.4. The molecule has 4 atom stereocenters. The number of hydrogen-bond acceptors (Lipinski definition) is 5. The van der Waals surface area contributed by atoms with Gasteiger partial charge in [-0.25, -0.2) is 4.39 Å². The molecule has 0 radical (unpaired) electrons. The van der Waals surface area contributed by atoms with E-state index >= 15 is 0 Å². The monoisotopic (exact) mass is 627 g/mol. The molecule has 3 aromatic rings. The SMILES string of the molecule is C[C@@H](O[C@H]1OCC[C@@H](C[N+]2([O-])CCN(c3cccnc3)CC2)[C@@H]1c1ccc(F)cc1)c1cc(C(F)(F)F)cc(C(F)(F)F)c1. The van der Waals surface area contributed by atoms with Crippen molar-refractivity contribution < 1.29 is 44.9 Å². The number of nitrogens with zero attached hydrogens (tertiary/aromatic N) is 3. The smallest absolute Gasteiger partial charge is 0.416 e. The first-order valence-corrected chi connectivity index (χ1v) is 14.3.